The van der Waals surface area contributed by atoms with Gasteiger partial charge in [-0.25, -0.2) is 4.39 Å². The van der Waals surface area contributed by atoms with Gasteiger partial charge in [-0.2, -0.15) is 0 Å². The molecule has 6 nitrogen and oxygen atoms in total. The summed E-state index contributed by atoms with van der Waals surface area (Å²) in [4.78, 5) is 12.1. The lowest BCUT2D eigenvalue weighted by molar-refractivity contribution is -0.357. The molecule has 4 aliphatic rings. The van der Waals surface area contributed by atoms with E-state index < -0.39 is 18.3 Å². The molecule has 172 valence electrons. The molecule has 0 aliphatic heterocycles. The third-order valence-electron chi connectivity index (χ3n) is 6.00. The van der Waals surface area contributed by atoms with Crippen LogP contribution in [0, 0.1) is 5.82 Å². The van der Waals surface area contributed by atoms with Gasteiger partial charge in [0.05, 0.1) is 17.2 Å². The standard InChI is InChI=1S/C20H23ClF4N2O4/c21-15-2-1-12(7-16(15)22)29-4-3-26-18-9-19(10-18,11-18)27-17(28)8-30-13-5-14(6-13)31-20(23,24)25/h1-2,7,13-14,26H,3-6,8-11H2,(H,27,28). The molecule has 4 aliphatic carbocycles. The van der Waals surface area contributed by atoms with Gasteiger partial charge in [-0.15, -0.1) is 13.2 Å². The minimum Gasteiger partial charge on any atom is -0.492 e. The van der Waals surface area contributed by atoms with Crippen LogP contribution in [0.1, 0.15) is 32.1 Å². The molecule has 1 aromatic carbocycles. The van der Waals surface area contributed by atoms with Gasteiger partial charge in [-0.3, -0.25) is 9.53 Å². The molecule has 11 heteroatoms. The summed E-state index contributed by atoms with van der Waals surface area (Å²) in [6, 6.07) is 4.28. The van der Waals surface area contributed by atoms with Crippen molar-refractivity contribution in [1.29, 1.82) is 0 Å². The summed E-state index contributed by atoms with van der Waals surface area (Å²) in [6.45, 7) is 0.785. The van der Waals surface area contributed by atoms with Crippen LogP contribution in [0.15, 0.2) is 18.2 Å². The Morgan fingerprint density at radius 3 is 2.52 bits per heavy atom. The van der Waals surface area contributed by atoms with Crippen LogP contribution in [0.3, 0.4) is 0 Å². The number of amides is 1. The third kappa shape index (κ3) is 5.42. The molecule has 5 rings (SSSR count). The van der Waals surface area contributed by atoms with Crippen LogP contribution in [-0.4, -0.2) is 55.3 Å². The number of carbonyl (C=O) groups excluding carboxylic acids is 1. The zero-order valence-corrected chi connectivity index (χ0v) is 17.3. The Bertz CT molecular complexity index is 812. The molecule has 1 amide bonds. The maximum absolute atomic E-state index is 13.4. The molecule has 0 unspecified atom stereocenters. The molecule has 0 saturated heterocycles. The van der Waals surface area contributed by atoms with Gasteiger partial charge in [0.2, 0.25) is 5.91 Å². The third-order valence-corrected chi connectivity index (χ3v) is 6.31. The second kappa shape index (κ2) is 8.38. The second-order valence-corrected chi connectivity index (χ2v) is 8.99. The number of carbonyl (C=O) groups is 1. The highest BCUT2D eigenvalue weighted by Crippen LogP contribution is 2.60. The van der Waals surface area contributed by atoms with Crippen molar-refractivity contribution in [3.05, 3.63) is 29.0 Å². The number of hydrogen-bond acceptors (Lipinski definition) is 5. The van der Waals surface area contributed by atoms with Crippen molar-refractivity contribution in [2.75, 3.05) is 19.8 Å². The van der Waals surface area contributed by atoms with Gasteiger partial charge >= 0.3 is 6.36 Å². The topological polar surface area (TPSA) is 68.8 Å². The predicted molar refractivity (Wildman–Crippen MR) is 102 cm³/mol. The molecule has 31 heavy (non-hydrogen) atoms. The molecule has 2 N–H and O–H groups in total. The zero-order valence-electron chi connectivity index (χ0n) is 16.6. The Morgan fingerprint density at radius 2 is 1.87 bits per heavy atom. The first kappa shape index (κ1) is 22.6. The quantitative estimate of drug-likeness (QED) is 0.409. The van der Waals surface area contributed by atoms with Crippen molar-refractivity contribution >= 4 is 17.5 Å². The summed E-state index contributed by atoms with van der Waals surface area (Å²) in [7, 11) is 0. The highest BCUT2D eigenvalue weighted by Gasteiger charge is 2.68. The first-order valence-corrected chi connectivity index (χ1v) is 10.4. The van der Waals surface area contributed by atoms with Gasteiger partial charge in [0.15, 0.2) is 0 Å². The van der Waals surface area contributed by atoms with E-state index in [0.29, 0.717) is 18.9 Å². The first-order chi connectivity index (χ1) is 14.6. The molecular formula is C20H23ClF4N2O4. The normalized spacial score (nSPS) is 31.3. The maximum Gasteiger partial charge on any atom is 0.522 e. The van der Waals surface area contributed by atoms with Crippen LogP contribution in [0.25, 0.3) is 0 Å². The fraction of sp³-hybridized carbons (Fsp3) is 0.650. The van der Waals surface area contributed by atoms with E-state index in [2.05, 4.69) is 15.4 Å². The van der Waals surface area contributed by atoms with E-state index in [0.717, 1.165) is 19.3 Å². The highest BCUT2D eigenvalue weighted by atomic mass is 35.5. The van der Waals surface area contributed by atoms with Gasteiger partial charge in [-0.1, -0.05) is 11.6 Å². The molecule has 4 saturated carbocycles. The van der Waals surface area contributed by atoms with Crippen molar-refractivity contribution in [3.63, 3.8) is 0 Å². The molecule has 4 fully saturated rings. The number of ether oxygens (including phenoxy) is 3. The van der Waals surface area contributed by atoms with Crippen molar-refractivity contribution in [2.45, 2.75) is 61.8 Å². The Labute approximate surface area is 181 Å². The van der Waals surface area contributed by atoms with Crippen molar-refractivity contribution in [3.8, 4) is 5.75 Å². The van der Waals surface area contributed by atoms with E-state index in [1.165, 1.54) is 12.1 Å². The zero-order chi connectivity index (χ0) is 22.3. The average Bonchev–Trinajstić information content (AvgIpc) is 2.58. The number of nitrogens with one attached hydrogen (secondary N) is 2. The SMILES string of the molecule is O=C(COC1CC(OC(F)(F)F)C1)NC12CC(NCCOc3ccc(Cl)c(F)c3)(C1)C2. The molecule has 1 aromatic rings. The Morgan fingerprint density at radius 1 is 1.16 bits per heavy atom. The summed E-state index contributed by atoms with van der Waals surface area (Å²) >= 11 is 5.63. The summed E-state index contributed by atoms with van der Waals surface area (Å²) in [6.07, 6.45) is -3.25. The summed E-state index contributed by atoms with van der Waals surface area (Å²) < 4.78 is 64.4. The van der Waals surface area contributed by atoms with Crippen molar-refractivity contribution in [1.82, 2.24) is 10.6 Å². The number of alkyl halides is 3. The lowest BCUT2D eigenvalue weighted by atomic mass is 9.44. The smallest absolute Gasteiger partial charge is 0.492 e. The number of rotatable bonds is 10. The summed E-state index contributed by atoms with van der Waals surface area (Å²) in [5.41, 5.74) is -0.242. The van der Waals surface area contributed by atoms with Crippen LogP contribution in [0.2, 0.25) is 5.02 Å². The molecule has 0 aromatic heterocycles. The molecule has 0 radical (unpaired) electrons. The van der Waals surface area contributed by atoms with Gasteiger partial charge < -0.3 is 20.1 Å². The largest absolute Gasteiger partial charge is 0.522 e. The first-order valence-electron chi connectivity index (χ1n) is 10.1. The molecular weight excluding hydrogens is 444 g/mol. The molecule has 0 spiro atoms. The number of hydrogen-bond donors (Lipinski definition) is 2. The molecule has 2 bridgehead atoms. The summed E-state index contributed by atoms with van der Waals surface area (Å²) in [5, 5.41) is 6.42. The highest BCUT2D eigenvalue weighted by molar-refractivity contribution is 6.30. The van der Waals surface area contributed by atoms with Crippen LogP contribution < -0.4 is 15.4 Å². The second-order valence-electron chi connectivity index (χ2n) is 8.58. The minimum atomic E-state index is -4.64. The van der Waals surface area contributed by atoms with Crippen LogP contribution in [0.5, 0.6) is 5.75 Å². The van der Waals surface area contributed by atoms with E-state index in [4.69, 9.17) is 21.1 Å². The van der Waals surface area contributed by atoms with Gasteiger partial charge in [0.1, 0.15) is 24.8 Å². The van der Waals surface area contributed by atoms with Gasteiger partial charge in [-0.05, 0) is 31.4 Å². The van der Waals surface area contributed by atoms with E-state index in [-0.39, 0.29) is 47.6 Å². The molecule has 0 heterocycles. The van der Waals surface area contributed by atoms with Crippen LogP contribution >= 0.6 is 11.6 Å². The van der Waals surface area contributed by atoms with Crippen molar-refractivity contribution < 1.29 is 36.6 Å². The van der Waals surface area contributed by atoms with Gasteiger partial charge in [0, 0.05) is 36.5 Å². The van der Waals surface area contributed by atoms with E-state index >= 15 is 0 Å². The monoisotopic (exact) mass is 466 g/mol. The maximum atomic E-state index is 13.4. The Hall–Kier alpha value is -1.62. The van der Waals surface area contributed by atoms with Crippen LogP contribution in [-0.2, 0) is 14.3 Å². The lowest BCUT2D eigenvalue weighted by Gasteiger charge is -2.70. The van der Waals surface area contributed by atoms with E-state index in [1.807, 2.05) is 0 Å². The Balaban J connectivity index is 1.06. The number of benzene rings is 1. The minimum absolute atomic E-state index is 0.0150. The molecule has 0 atom stereocenters. The van der Waals surface area contributed by atoms with E-state index in [1.54, 1.807) is 6.07 Å². The average molecular weight is 467 g/mol. The Kier molecular flexibility index (Phi) is 6.10. The fourth-order valence-electron chi connectivity index (χ4n) is 4.62. The fourth-order valence-corrected chi connectivity index (χ4v) is 4.74. The van der Waals surface area contributed by atoms with Crippen LogP contribution in [0.4, 0.5) is 17.6 Å². The summed E-state index contributed by atoms with van der Waals surface area (Å²) in [5.74, 6) is -0.380. The van der Waals surface area contributed by atoms with Crippen molar-refractivity contribution in [2.24, 2.45) is 0 Å². The van der Waals surface area contributed by atoms with Gasteiger partial charge in [0.25, 0.3) is 0 Å². The lowest BCUT2D eigenvalue weighted by Crippen LogP contribution is -2.83. The number of halogens is 5. The van der Waals surface area contributed by atoms with E-state index in [9.17, 15) is 22.4 Å². The predicted octanol–water partition coefficient (Wildman–Crippen LogP) is 3.32.